The Labute approximate surface area is 409 Å². The van der Waals surface area contributed by atoms with Gasteiger partial charge in [-0.05, 0) is 77.4 Å². The molecule has 0 radical (unpaired) electrons. The third-order valence-corrected chi connectivity index (χ3v) is 14.3. The van der Waals surface area contributed by atoms with Crippen molar-refractivity contribution in [2.75, 3.05) is 32.8 Å². The molecule has 5 heteroatoms. The van der Waals surface area contributed by atoms with E-state index in [0.29, 0.717) is 13.2 Å². The zero-order valence-corrected chi connectivity index (χ0v) is 45.3. The van der Waals surface area contributed by atoms with E-state index in [1.165, 1.54) is 276 Å². The first-order chi connectivity index (χ1) is 32.0. The van der Waals surface area contributed by atoms with Gasteiger partial charge < -0.3 is 14.4 Å². The van der Waals surface area contributed by atoms with Crippen LogP contribution in [0, 0.1) is 11.8 Å². The molecule has 0 spiro atoms. The molecule has 2 unspecified atom stereocenters. The van der Waals surface area contributed by atoms with E-state index in [1.54, 1.807) is 0 Å². The predicted molar refractivity (Wildman–Crippen MR) is 286 cm³/mol. The maximum absolute atomic E-state index is 12.9. The van der Waals surface area contributed by atoms with E-state index in [1.807, 2.05) is 0 Å². The lowest BCUT2D eigenvalue weighted by Crippen LogP contribution is -2.27. The number of hydrogen-bond donors (Lipinski definition) is 0. The maximum Gasteiger partial charge on any atom is 0.308 e. The summed E-state index contributed by atoms with van der Waals surface area (Å²) in [5.41, 5.74) is 0. The number of unbranched alkanes of at least 4 members (excludes halogenated alkanes) is 35. The minimum atomic E-state index is 0.0935. The van der Waals surface area contributed by atoms with Crippen LogP contribution < -0.4 is 0 Å². The summed E-state index contributed by atoms with van der Waals surface area (Å²) < 4.78 is 11.6. The van der Waals surface area contributed by atoms with Crippen LogP contribution >= 0.6 is 0 Å². The molecule has 0 fully saturated rings. The molecule has 2 atom stereocenters. The molecule has 0 aliphatic heterocycles. The number of esters is 2. The van der Waals surface area contributed by atoms with Crippen LogP contribution in [0.1, 0.15) is 330 Å². The smallest absolute Gasteiger partial charge is 0.308 e. The molecule has 0 aliphatic rings. The minimum absolute atomic E-state index is 0.0935. The van der Waals surface area contributed by atoms with E-state index >= 15 is 0 Å². The molecule has 388 valence electrons. The summed E-state index contributed by atoms with van der Waals surface area (Å²) >= 11 is 0. The van der Waals surface area contributed by atoms with Gasteiger partial charge in [0.1, 0.15) is 0 Å². The third-order valence-electron chi connectivity index (χ3n) is 14.3. The molecule has 0 rings (SSSR count). The molecule has 5 nitrogen and oxygen atoms in total. The number of nitrogens with zero attached hydrogens (tertiary/aromatic N) is 1. The van der Waals surface area contributed by atoms with Crippen molar-refractivity contribution in [3.63, 3.8) is 0 Å². The fourth-order valence-electron chi connectivity index (χ4n) is 9.74. The van der Waals surface area contributed by atoms with Gasteiger partial charge in [0.25, 0.3) is 0 Å². The van der Waals surface area contributed by atoms with Crippen LogP contribution in [0.2, 0.25) is 0 Å². The van der Waals surface area contributed by atoms with Crippen molar-refractivity contribution in [1.29, 1.82) is 0 Å². The van der Waals surface area contributed by atoms with Gasteiger partial charge in [-0.25, -0.2) is 0 Å². The van der Waals surface area contributed by atoms with Gasteiger partial charge in [0.05, 0.1) is 25.0 Å². The molecule has 0 aliphatic carbocycles. The van der Waals surface area contributed by atoms with Gasteiger partial charge in [-0.15, -0.1) is 0 Å². The lowest BCUT2D eigenvalue weighted by molar-refractivity contribution is -0.150. The highest BCUT2D eigenvalue weighted by Gasteiger charge is 2.20. The Balaban J connectivity index is 3.90. The summed E-state index contributed by atoms with van der Waals surface area (Å²) in [4.78, 5) is 28.6. The molecule has 0 bridgehead atoms. The van der Waals surface area contributed by atoms with E-state index in [9.17, 15) is 9.59 Å². The van der Waals surface area contributed by atoms with Crippen LogP contribution in [0.5, 0.6) is 0 Å². The van der Waals surface area contributed by atoms with Gasteiger partial charge in [-0.3, -0.25) is 9.59 Å². The average molecular weight is 919 g/mol. The average Bonchev–Trinajstić information content (AvgIpc) is 3.31. The first-order valence-electron chi connectivity index (χ1n) is 30.1. The zero-order chi connectivity index (χ0) is 47.4. The van der Waals surface area contributed by atoms with Crippen molar-refractivity contribution >= 4 is 11.9 Å². The standard InChI is InChI=1S/C60H119NO4/c1-6-11-16-20-34-42-50-57(48-40-18-13-8-3)59(62)64-55-46-38-32-28-24-22-26-30-36-44-53-61(52-15-10-5)54-45-37-31-27-23-25-29-33-39-47-56-65-60(63)58(49-41-19-14-9-4)51-43-35-21-17-12-7-2/h57-58H,6-56H2,1-5H3. The van der Waals surface area contributed by atoms with Crippen molar-refractivity contribution in [3.8, 4) is 0 Å². The van der Waals surface area contributed by atoms with Gasteiger partial charge in [-0.1, -0.05) is 272 Å². The van der Waals surface area contributed by atoms with Crippen LogP contribution in [0.3, 0.4) is 0 Å². The van der Waals surface area contributed by atoms with Crippen LogP contribution in [0.4, 0.5) is 0 Å². The molecular weight excluding hydrogens is 799 g/mol. The number of rotatable bonds is 55. The normalized spacial score (nSPS) is 12.6. The highest BCUT2D eigenvalue weighted by Crippen LogP contribution is 2.23. The zero-order valence-electron chi connectivity index (χ0n) is 45.3. The molecule has 0 saturated heterocycles. The van der Waals surface area contributed by atoms with E-state index in [0.717, 1.165) is 38.5 Å². The summed E-state index contributed by atoms with van der Waals surface area (Å²) in [6.45, 7) is 16.5. The minimum Gasteiger partial charge on any atom is -0.465 e. The largest absolute Gasteiger partial charge is 0.465 e. The van der Waals surface area contributed by atoms with E-state index in [4.69, 9.17) is 9.47 Å². The van der Waals surface area contributed by atoms with Crippen molar-refractivity contribution in [2.45, 2.75) is 330 Å². The predicted octanol–water partition coefficient (Wildman–Crippen LogP) is 19.7. The number of carbonyl (C=O) groups excluding carboxylic acids is 2. The molecular formula is C60H119NO4. The molecule has 65 heavy (non-hydrogen) atoms. The lowest BCUT2D eigenvalue weighted by atomic mass is 9.94. The van der Waals surface area contributed by atoms with Crippen molar-refractivity contribution in [1.82, 2.24) is 4.90 Å². The molecule has 0 aromatic rings. The molecule has 0 heterocycles. The van der Waals surface area contributed by atoms with Crippen molar-refractivity contribution in [3.05, 3.63) is 0 Å². The van der Waals surface area contributed by atoms with Crippen molar-refractivity contribution < 1.29 is 19.1 Å². The van der Waals surface area contributed by atoms with Crippen molar-refractivity contribution in [2.24, 2.45) is 11.8 Å². The Kier molecular flexibility index (Phi) is 52.9. The maximum atomic E-state index is 12.9. The van der Waals surface area contributed by atoms with Crippen LogP contribution in [-0.2, 0) is 19.1 Å². The number of hydrogen-bond acceptors (Lipinski definition) is 5. The van der Waals surface area contributed by atoms with Crippen LogP contribution in [0.15, 0.2) is 0 Å². The second-order valence-electron chi connectivity index (χ2n) is 20.8. The fraction of sp³-hybridized carbons (Fsp3) is 0.967. The van der Waals surface area contributed by atoms with Crippen LogP contribution in [-0.4, -0.2) is 49.7 Å². The monoisotopic (exact) mass is 918 g/mol. The Morgan fingerprint density at radius 1 is 0.277 bits per heavy atom. The molecule has 0 N–H and O–H groups in total. The van der Waals surface area contributed by atoms with Gasteiger partial charge in [0.15, 0.2) is 0 Å². The highest BCUT2D eigenvalue weighted by atomic mass is 16.5. The second-order valence-corrected chi connectivity index (χ2v) is 20.8. The summed E-state index contributed by atoms with van der Waals surface area (Å²) in [7, 11) is 0. The molecule has 0 aromatic carbocycles. The second kappa shape index (κ2) is 53.8. The quantitative estimate of drug-likeness (QED) is 0.0449. The lowest BCUT2D eigenvalue weighted by Gasteiger charge is -2.22. The fourth-order valence-corrected chi connectivity index (χ4v) is 9.74. The van der Waals surface area contributed by atoms with E-state index in [-0.39, 0.29) is 23.8 Å². The molecule has 0 aromatic heterocycles. The number of carbonyl (C=O) groups is 2. The topological polar surface area (TPSA) is 55.8 Å². The number of ether oxygens (including phenoxy) is 2. The highest BCUT2D eigenvalue weighted by molar-refractivity contribution is 5.72. The summed E-state index contributed by atoms with van der Waals surface area (Å²) in [5, 5.41) is 0. The van der Waals surface area contributed by atoms with Crippen LogP contribution in [0.25, 0.3) is 0 Å². The Bertz CT molecular complexity index is 870. The van der Waals surface area contributed by atoms with Gasteiger partial charge in [0.2, 0.25) is 0 Å². The Hall–Kier alpha value is -1.10. The SMILES string of the molecule is CCCCCCCCC(CCCCCC)C(=O)OCCCCCCCCCCCCN(CCCC)CCCCCCCCCCCCOC(=O)C(CCCCCC)CCCCCCCC. The third kappa shape index (κ3) is 46.4. The molecule has 0 amide bonds. The Morgan fingerprint density at radius 3 is 0.785 bits per heavy atom. The van der Waals surface area contributed by atoms with Gasteiger partial charge >= 0.3 is 11.9 Å². The van der Waals surface area contributed by atoms with E-state index < -0.39 is 0 Å². The summed E-state index contributed by atoms with van der Waals surface area (Å²) in [5.74, 6) is 0.447. The van der Waals surface area contributed by atoms with Gasteiger partial charge in [0, 0.05) is 0 Å². The first kappa shape index (κ1) is 63.9. The summed E-state index contributed by atoms with van der Waals surface area (Å²) in [6.07, 6.45) is 58.3. The Morgan fingerprint density at radius 2 is 0.492 bits per heavy atom. The van der Waals surface area contributed by atoms with Gasteiger partial charge in [-0.2, -0.15) is 0 Å². The first-order valence-corrected chi connectivity index (χ1v) is 30.1. The van der Waals surface area contributed by atoms with E-state index in [2.05, 4.69) is 39.5 Å². The molecule has 0 saturated carbocycles. The summed E-state index contributed by atoms with van der Waals surface area (Å²) in [6, 6.07) is 0.